The normalized spacial score (nSPS) is 28.0. The summed E-state index contributed by atoms with van der Waals surface area (Å²) in [6, 6.07) is 12.3. The first kappa shape index (κ1) is 27.8. The Kier molecular flexibility index (Phi) is 7.36. The Labute approximate surface area is 240 Å². The highest BCUT2D eigenvalue weighted by Crippen LogP contribution is 2.61. The van der Waals surface area contributed by atoms with E-state index >= 15 is 0 Å². The van der Waals surface area contributed by atoms with Gasteiger partial charge in [-0.05, 0) is 85.3 Å². The lowest BCUT2D eigenvalue weighted by atomic mass is 9.45. The molecular weight excluding hydrogens is 519 g/mol. The summed E-state index contributed by atoms with van der Waals surface area (Å²) in [6.45, 7) is 11.6. The number of fused-ring (bicyclic) bond motifs is 3. The fourth-order valence-electron chi connectivity index (χ4n) is 7.21. The second-order valence-electron chi connectivity index (χ2n) is 12.9. The van der Waals surface area contributed by atoms with Crippen LogP contribution >= 0.6 is 0 Å². The highest BCUT2D eigenvalue weighted by molar-refractivity contribution is 5.96. The number of anilines is 1. The van der Waals surface area contributed by atoms with Gasteiger partial charge in [-0.15, -0.1) is 0 Å². The van der Waals surface area contributed by atoms with Gasteiger partial charge in [0, 0.05) is 37.9 Å². The van der Waals surface area contributed by atoms with Crippen molar-refractivity contribution in [1.82, 2.24) is 19.5 Å². The standard InChI is InChI=1S/C32H41FN6O2/c1-20-18-37(13-14-39(20)41)31(36-28-16-23-15-27(21(28)2)32(23,3)4)35-25-9-10-26-29(17-25)34-19-38(30(26)40)12-11-22-5-7-24(33)8-6-22/h5-10,17,19-21,23,27-28,41H,11-16,18H2,1-4H3,(H,35,36)/t20-,21-,23+,27-,28?/m0/s1. The van der Waals surface area contributed by atoms with Gasteiger partial charge in [0.25, 0.3) is 5.56 Å². The maximum Gasteiger partial charge on any atom is 0.261 e. The molecule has 41 heavy (non-hydrogen) atoms. The Morgan fingerprint density at radius 2 is 1.93 bits per heavy atom. The van der Waals surface area contributed by atoms with E-state index in [2.05, 4.69) is 36.0 Å². The molecule has 1 aromatic heterocycles. The van der Waals surface area contributed by atoms with Crippen molar-refractivity contribution in [2.24, 2.45) is 28.2 Å². The largest absolute Gasteiger partial charge is 0.340 e. The smallest absolute Gasteiger partial charge is 0.261 e. The predicted molar refractivity (Wildman–Crippen MR) is 160 cm³/mol. The van der Waals surface area contributed by atoms with Crippen LogP contribution in [0.1, 0.15) is 46.1 Å². The van der Waals surface area contributed by atoms with E-state index in [0.29, 0.717) is 66.7 Å². The molecule has 9 heteroatoms. The van der Waals surface area contributed by atoms with Gasteiger partial charge in [-0.3, -0.25) is 9.36 Å². The van der Waals surface area contributed by atoms with E-state index in [0.717, 1.165) is 23.6 Å². The monoisotopic (exact) mass is 560 g/mol. The first-order valence-corrected chi connectivity index (χ1v) is 14.9. The van der Waals surface area contributed by atoms with Crippen molar-refractivity contribution >= 4 is 22.5 Å². The van der Waals surface area contributed by atoms with Crippen molar-refractivity contribution in [3.8, 4) is 0 Å². The zero-order chi connectivity index (χ0) is 28.9. The molecule has 7 rings (SSSR count). The fourth-order valence-corrected chi connectivity index (χ4v) is 7.21. The van der Waals surface area contributed by atoms with Crippen LogP contribution in [0.2, 0.25) is 0 Å². The van der Waals surface area contributed by atoms with Crippen LogP contribution in [0.3, 0.4) is 0 Å². The van der Waals surface area contributed by atoms with Crippen molar-refractivity contribution in [2.45, 2.75) is 65.6 Å². The molecule has 2 aromatic carbocycles. The summed E-state index contributed by atoms with van der Waals surface area (Å²) >= 11 is 0. The molecule has 3 aromatic rings. The molecule has 0 radical (unpaired) electrons. The number of nitrogens with one attached hydrogen (secondary N) is 1. The van der Waals surface area contributed by atoms with Crippen LogP contribution in [0.4, 0.5) is 10.1 Å². The molecule has 1 unspecified atom stereocenters. The Bertz CT molecular complexity index is 1500. The van der Waals surface area contributed by atoms with Crippen LogP contribution in [0, 0.1) is 29.0 Å². The molecule has 4 aliphatic rings. The average molecular weight is 561 g/mol. The zero-order valence-corrected chi connectivity index (χ0v) is 24.4. The van der Waals surface area contributed by atoms with Crippen LogP contribution in [0.5, 0.6) is 0 Å². The SMILES string of the molecule is C[C@@H]1C(/N=C(/Nc2ccc3c(=O)n(CCc4ccc(F)cc4)cnc3c2)N2CCN(O)[C@@H](C)C2)C[C@H]2C[C@@H]1C2(C)C. The number of hydrogen-bond acceptors (Lipinski definition) is 5. The molecule has 5 atom stereocenters. The third-order valence-corrected chi connectivity index (χ3v) is 10.1. The van der Waals surface area contributed by atoms with Crippen molar-refractivity contribution in [3.63, 3.8) is 0 Å². The minimum Gasteiger partial charge on any atom is -0.340 e. The molecule has 2 heterocycles. The van der Waals surface area contributed by atoms with E-state index in [1.165, 1.54) is 23.6 Å². The first-order valence-electron chi connectivity index (χ1n) is 14.9. The molecule has 2 N–H and O–H groups in total. The van der Waals surface area contributed by atoms with Gasteiger partial charge in [-0.1, -0.05) is 32.9 Å². The molecule has 1 aliphatic heterocycles. The highest BCUT2D eigenvalue weighted by Gasteiger charge is 2.56. The van der Waals surface area contributed by atoms with E-state index in [1.807, 2.05) is 25.1 Å². The Morgan fingerprint density at radius 1 is 1.15 bits per heavy atom. The molecule has 218 valence electrons. The molecular formula is C32H41FN6O2. The zero-order valence-electron chi connectivity index (χ0n) is 24.4. The number of hydrogen-bond donors (Lipinski definition) is 2. The van der Waals surface area contributed by atoms with Crippen LogP contribution in [-0.4, -0.2) is 62.4 Å². The second-order valence-corrected chi connectivity index (χ2v) is 12.9. The molecule has 0 amide bonds. The summed E-state index contributed by atoms with van der Waals surface area (Å²) < 4.78 is 14.8. The summed E-state index contributed by atoms with van der Waals surface area (Å²) in [5, 5.41) is 15.7. The molecule has 1 saturated heterocycles. The van der Waals surface area contributed by atoms with Gasteiger partial charge in [0.1, 0.15) is 5.82 Å². The summed E-state index contributed by atoms with van der Waals surface area (Å²) in [4.78, 5) is 25.4. The number of rotatable bonds is 5. The van der Waals surface area contributed by atoms with Crippen LogP contribution in [0.25, 0.3) is 10.9 Å². The van der Waals surface area contributed by atoms with Crippen LogP contribution in [0.15, 0.2) is 58.6 Å². The number of piperazine rings is 1. The number of aliphatic imine (C=N–C) groups is 1. The van der Waals surface area contributed by atoms with Gasteiger partial charge in [-0.25, -0.2) is 14.4 Å². The van der Waals surface area contributed by atoms with Crippen molar-refractivity contribution in [2.75, 3.05) is 25.0 Å². The number of aromatic nitrogens is 2. The minimum absolute atomic E-state index is 0.00138. The van der Waals surface area contributed by atoms with Gasteiger partial charge < -0.3 is 15.4 Å². The maximum atomic E-state index is 13.2. The summed E-state index contributed by atoms with van der Waals surface area (Å²) in [5.41, 5.74) is 2.73. The fraction of sp³-hybridized carbons (Fsp3) is 0.531. The highest BCUT2D eigenvalue weighted by atomic mass is 19.1. The summed E-state index contributed by atoms with van der Waals surface area (Å²) in [7, 11) is 0. The molecule has 2 bridgehead atoms. The first-order chi connectivity index (χ1) is 19.6. The molecule has 3 saturated carbocycles. The number of guanidine groups is 1. The van der Waals surface area contributed by atoms with Crippen LogP contribution < -0.4 is 10.9 Å². The molecule has 8 nitrogen and oxygen atoms in total. The number of hydroxylamine groups is 2. The van der Waals surface area contributed by atoms with Gasteiger partial charge in [-0.2, -0.15) is 5.06 Å². The number of aryl methyl sites for hydroxylation is 2. The van der Waals surface area contributed by atoms with E-state index in [4.69, 9.17) is 4.99 Å². The van der Waals surface area contributed by atoms with E-state index in [-0.39, 0.29) is 23.5 Å². The molecule has 4 fully saturated rings. The van der Waals surface area contributed by atoms with Gasteiger partial charge in [0.05, 0.1) is 23.3 Å². The van der Waals surface area contributed by atoms with Crippen molar-refractivity contribution in [1.29, 1.82) is 0 Å². The van der Waals surface area contributed by atoms with Gasteiger partial charge in [0.15, 0.2) is 5.96 Å². The molecule has 3 aliphatic carbocycles. The Hall–Kier alpha value is -3.30. The quantitative estimate of drug-likeness (QED) is 0.337. The Balaban J connectivity index is 1.24. The number of benzene rings is 2. The minimum atomic E-state index is -0.269. The van der Waals surface area contributed by atoms with E-state index < -0.39 is 0 Å². The number of nitrogens with zero attached hydrogens (tertiary/aromatic N) is 5. The number of halogens is 1. The lowest BCUT2D eigenvalue weighted by molar-refractivity contribution is -0.142. The lowest BCUT2D eigenvalue weighted by Crippen LogP contribution is -2.57. The van der Waals surface area contributed by atoms with Crippen molar-refractivity contribution < 1.29 is 9.60 Å². The van der Waals surface area contributed by atoms with Gasteiger partial charge in [0.2, 0.25) is 0 Å². The lowest BCUT2D eigenvalue weighted by Gasteiger charge is -2.61. The van der Waals surface area contributed by atoms with Gasteiger partial charge >= 0.3 is 0 Å². The van der Waals surface area contributed by atoms with E-state index in [9.17, 15) is 14.4 Å². The third-order valence-electron chi connectivity index (χ3n) is 10.1. The van der Waals surface area contributed by atoms with Crippen LogP contribution in [-0.2, 0) is 13.0 Å². The summed E-state index contributed by atoms with van der Waals surface area (Å²) in [5.74, 6) is 2.47. The predicted octanol–water partition coefficient (Wildman–Crippen LogP) is 5.01. The second kappa shape index (κ2) is 10.8. The third kappa shape index (κ3) is 5.37. The maximum absolute atomic E-state index is 13.2. The topological polar surface area (TPSA) is 86.0 Å². The van der Waals surface area contributed by atoms with Crippen molar-refractivity contribution in [3.05, 3.63) is 70.5 Å². The average Bonchev–Trinajstić information content (AvgIpc) is 2.95. The summed E-state index contributed by atoms with van der Waals surface area (Å²) in [6.07, 6.45) is 4.61. The Morgan fingerprint density at radius 3 is 2.63 bits per heavy atom. The molecule has 0 spiro atoms. The van der Waals surface area contributed by atoms with E-state index in [1.54, 1.807) is 23.0 Å².